The molecule has 0 aliphatic carbocycles. The fourth-order valence-corrected chi connectivity index (χ4v) is 5.05. The predicted molar refractivity (Wildman–Crippen MR) is 107 cm³/mol. The molecule has 1 aliphatic heterocycles. The Morgan fingerprint density at radius 3 is 2.76 bits per heavy atom. The first-order valence-electron chi connectivity index (χ1n) is 8.64. The summed E-state index contributed by atoms with van der Waals surface area (Å²) in [5.41, 5.74) is 2.96. The second kappa shape index (κ2) is 8.23. The van der Waals surface area contributed by atoms with Gasteiger partial charge in [-0.1, -0.05) is 17.8 Å². The lowest BCUT2D eigenvalue weighted by Crippen LogP contribution is -2.39. The van der Waals surface area contributed by atoms with Gasteiger partial charge in [0.1, 0.15) is 4.34 Å². The van der Waals surface area contributed by atoms with E-state index in [4.69, 9.17) is 0 Å². The Labute approximate surface area is 158 Å². The molecule has 0 saturated carbocycles. The summed E-state index contributed by atoms with van der Waals surface area (Å²) in [6.45, 7) is 3.75. The van der Waals surface area contributed by atoms with Crippen molar-refractivity contribution in [3.05, 3.63) is 40.9 Å². The van der Waals surface area contributed by atoms with Crippen LogP contribution < -0.4 is 4.90 Å². The van der Waals surface area contributed by atoms with Crippen LogP contribution in [0.5, 0.6) is 0 Å². The first-order valence-corrected chi connectivity index (χ1v) is 10.5. The number of nitrogens with zero attached hydrogens (tertiary/aromatic N) is 3. The summed E-state index contributed by atoms with van der Waals surface area (Å²) in [6, 6.07) is 7.89. The van der Waals surface area contributed by atoms with Gasteiger partial charge in [0, 0.05) is 55.3 Å². The SMILES string of the molecule is Cc1csc(SCC2CCN(C(=O)c3cccc(N(C)C)c3)CC2)n1. The second-order valence-corrected chi connectivity index (χ2v) is 8.87. The number of thiazole rings is 1. The van der Waals surface area contributed by atoms with Gasteiger partial charge in [0.2, 0.25) is 0 Å². The molecule has 4 nitrogen and oxygen atoms in total. The Morgan fingerprint density at radius 1 is 1.36 bits per heavy atom. The molecule has 3 rings (SSSR count). The lowest BCUT2D eigenvalue weighted by atomic mass is 9.98. The number of likely N-dealkylation sites (tertiary alicyclic amines) is 1. The fourth-order valence-electron chi connectivity index (χ4n) is 2.99. The molecule has 0 radical (unpaired) electrons. The van der Waals surface area contributed by atoms with Gasteiger partial charge in [0.05, 0.1) is 0 Å². The van der Waals surface area contributed by atoms with E-state index in [2.05, 4.69) is 10.4 Å². The number of hydrogen-bond donors (Lipinski definition) is 0. The Hall–Kier alpha value is -1.53. The van der Waals surface area contributed by atoms with Crippen molar-refractivity contribution >= 4 is 34.7 Å². The highest BCUT2D eigenvalue weighted by atomic mass is 32.2. The van der Waals surface area contributed by atoms with Crippen molar-refractivity contribution in [2.45, 2.75) is 24.1 Å². The average molecular weight is 376 g/mol. The largest absolute Gasteiger partial charge is 0.378 e. The van der Waals surface area contributed by atoms with Crippen LogP contribution in [0, 0.1) is 12.8 Å². The van der Waals surface area contributed by atoms with Crippen molar-refractivity contribution in [2.75, 3.05) is 37.8 Å². The van der Waals surface area contributed by atoms with E-state index >= 15 is 0 Å². The highest BCUT2D eigenvalue weighted by Crippen LogP contribution is 2.29. The van der Waals surface area contributed by atoms with Crippen LogP contribution in [-0.2, 0) is 0 Å². The minimum absolute atomic E-state index is 0.158. The quantitative estimate of drug-likeness (QED) is 0.735. The maximum atomic E-state index is 12.8. The van der Waals surface area contributed by atoms with Crippen LogP contribution in [0.1, 0.15) is 28.9 Å². The third-order valence-corrected chi connectivity index (χ3v) is 6.92. The van der Waals surface area contributed by atoms with E-state index in [1.165, 1.54) is 0 Å². The molecule has 1 saturated heterocycles. The Kier molecular flexibility index (Phi) is 6.02. The van der Waals surface area contributed by atoms with Crippen LogP contribution in [0.25, 0.3) is 0 Å². The Bertz CT molecular complexity index is 721. The molecule has 1 aromatic heterocycles. The highest BCUT2D eigenvalue weighted by molar-refractivity contribution is 8.01. The van der Waals surface area contributed by atoms with Gasteiger partial charge in [-0.25, -0.2) is 4.98 Å². The number of benzene rings is 1. The van der Waals surface area contributed by atoms with E-state index in [1.807, 2.05) is 66.8 Å². The van der Waals surface area contributed by atoms with Crippen molar-refractivity contribution in [2.24, 2.45) is 5.92 Å². The molecule has 1 amide bonds. The van der Waals surface area contributed by atoms with Crippen LogP contribution in [0.4, 0.5) is 5.69 Å². The number of thioether (sulfide) groups is 1. The van der Waals surface area contributed by atoms with Gasteiger partial charge in [0.25, 0.3) is 5.91 Å². The summed E-state index contributed by atoms with van der Waals surface area (Å²) in [6.07, 6.45) is 2.16. The van der Waals surface area contributed by atoms with Gasteiger partial charge >= 0.3 is 0 Å². The van der Waals surface area contributed by atoms with Gasteiger partial charge in [0.15, 0.2) is 0 Å². The molecule has 0 atom stereocenters. The number of hydrogen-bond acceptors (Lipinski definition) is 5. The summed E-state index contributed by atoms with van der Waals surface area (Å²) >= 11 is 3.59. The van der Waals surface area contributed by atoms with Gasteiger partial charge in [-0.05, 0) is 43.9 Å². The molecule has 134 valence electrons. The van der Waals surface area contributed by atoms with Crippen molar-refractivity contribution in [1.82, 2.24) is 9.88 Å². The smallest absolute Gasteiger partial charge is 0.253 e. The molecule has 25 heavy (non-hydrogen) atoms. The summed E-state index contributed by atoms with van der Waals surface area (Å²) < 4.78 is 1.16. The molecule has 0 bridgehead atoms. The standard InChI is InChI=1S/C19H25N3OS2/c1-14-12-24-19(20-14)25-13-15-7-9-22(10-8-15)18(23)16-5-4-6-17(11-16)21(2)3/h4-6,11-12,15H,7-10,13H2,1-3H3. The Balaban J connectivity index is 1.51. The second-order valence-electron chi connectivity index (χ2n) is 6.75. The molecule has 2 heterocycles. The maximum absolute atomic E-state index is 12.8. The lowest BCUT2D eigenvalue weighted by Gasteiger charge is -2.32. The summed E-state index contributed by atoms with van der Waals surface area (Å²) in [7, 11) is 3.99. The molecule has 1 aliphatic rings. The zero-order chi connectivity index (χ0) is 17.8. The van der Waals surface area contributed by atoms with E-state index in [9.17, 15) is 4.79 Å². The summed E-state index contributed by atoms with van der Waals surface area (Å²) in [5, 5.41) is 2.10. The molecule has 6 heteroatoms. The number of aromatic nitrogens is 1. The minimum Gasteiger partial charge on any atom is -0.378 e. The van der Waals surface area contributed by atoms with E-state index in [1.54, 1.807) is 11.3 Å². The first-order chi connectivity index (χ1) is 12.0. The van der Waals surface area contributed by atoms with Crippen molar-refractivity contribution in [3.8, 4) is 0 Å². The zero-order valence-corrected chi connectivity index (χ0v) is 16.7. The number of carbonyl (C=O) groups is 1. The molecular formula is C19H25N3OS2. The minimum atomic E-state index is 0.158. The van der Waals surface area contributed by atoms with Gasteiger partial charge < -0.3 is 9.80 Å². The topological polar surface area (TPSA) is 36.4 Å². The number of aryl methyl sites for hydroxylation is 1. The van der Waals surface area contributed by atoms with Gasteiger partial charge in [-0.2, -0.15) is 0 Å². The van der Waals surface area contributed by atoms with E-state index in [0.29, 0.717) is 5.92 Å². The van der Waals surface area contributed by atoms with Crippen molar-refractivity contribution in [3.63, 3.8) is 0 Å². The van der Waals surface area contributed by atoms with Crippen LogP contribution in [0.2, 0.25) is 0 Å². The molecule has 1 fully saturated rings. The molecule has 0 unspecified atom stereocenters. The van der Waals surface area contributed by atoms with Crippen molar-refractivity contribution in [1.29, 1.82) is 0 Å². The first kappa shape index (κ1) is 18.3. The van der Waals surface area contributed by atoms with Gasteiger partial charge in [-0.3, -0.25) is 4.79 Å². The van der Waals surface area contributed by atoms with Crippen LogP contribution in [0.3, 0.4) is 0 Å². The van der Waals surface area contributed by atoms with Gasteiger partial charge in [-0.15, -0.1) is 11.3 Å². The van der Waals surface area contributed by atoms with E-state index < -0.39 is 0 Å². The highest BCUT2D eigenvalue weighted by Gasteiger charge is 2.24. The number of anilines is 1. The van der Waals surface area contributed by atoms with Crippen LogP contribution in [-0.4, -0.2) is 48.7 Å². The molecule has 2 aromatic rings. The molecule has 0 spiro atoms. The Morgan fingerprint density at radius 2 is 2.12 bits per heavy atom. The summed E-state index contributed by atoms with van der Waals surface area (Å²) in [4.78, 5) is 21.3. The lowest BCUT2D eigenvalue weighted by molar-refractivity contribution is 0.0698. The average Bonchev–Trinajstić information content (AvgIpc) is 3.05. The number of carbonyl (C=O) groups excluding carboxylic acids is 1. The third kappa shape index (κ3) is 4.76. The number of amides is 1. The number of piperidine rings is 1. The number of rotatable bonds is 5. The summed E-state index contributed by atoms with van der Waals surface area (Å²) in [5.74, 6) is 1.93. The fraction of sp³-hybridized carbons (Fsp3) is 0.474. The normalized spacial score (nSPS) is 15.4. The zero-order valence-electron chi connectivity index (χ0n) is 15.1. The predicted octanol–water partition coefficient (Wildman–Crippen LogP) is 4.16. The molecule has 1 aromatic carbocycles. The van der Waals surface area contributed by atoms with Crippen LogP contribution >= 0.6 is 23.1 Å². The van der Waals surface area contributed by atoms with Crippen molar-refractivity contribution < 1.29 is 4.79 Å². The monoisotopic (exact) mass is 375 g/mol. The maximum Gasteiger partial charge on any atom is 0.253 e. The molecular weight excluding hydrogens is 350 g/mol. The molecule has 0 N–H and O–H groups in total. The van der Waals surface area contributed by atoms with E-state index in [0.717, 1.165) is 53.0 Å². The van der Waals surface area contributed by atoms with Crippen LogP contribution in [0.15, 0.2) is 34.0 Å². The third-order valence-electron chi connectivity index (χ3n) is 4.55. The van der Waals surface area contributed by atoms with E-state index in [-0.39, 0.29) is 5.91 Å².